The fourth-order valence-electron chi connectivity index (χ4n) is 5.63. The molecule has 2 nitrogen and oxygen atoms in total. The number of hydrogen-bond acceptors (Lipinski definition) is 2. The van der Waals surface area contributed by atoms with Crippen molar-refractivity contribution in [3.8, 4) is 28.0 Å². The van der Waals surface area contributed by atoms with Crippen molar-refractivity contribution in [2.75, 3.05) is 0 Å². The van der Waals surface area contributed by atoms with Gasteiger partial charge in [-0.25, -0.2) is 0 Å². The third-order valence-electron chi connectivity index (χ3n) is 7.48. The van der Waals surface area contributed by atoms with E-state index in [2.05, 4.69) is 6.58 Å². The molecule has 0 fully saturated rings. The van der Waals surface area contributed by atoms with E-state index in [4.69, 9.17) is 23.2 Å². The SMILES string of the molecule is C=C1C(c2ccccc2)=C(c2cc(Cl)c(-c3ccccc3)c(O)c2-c2ccccc2)C(O)=C(Cl)C1c1ccccc1. The van der Waals surface area contributed by atoms with Gasteiger partial charge in [-0.2, -0.15) is 0 Å². The molecule has 0 aliphatic heterocycles. The van der Waals surface area contributed by atoms with Gasteiger partial charge in [-0.15, -0.1) is 0 Å². The van der Waals surface area contributed by atoms with Crippen LogP contribution in [0.25, 0.3) is 33.4 Å². The summed E-state index contributed by atoms with van der Waals surface area (Å²) < 4.78 is 0. The molecule has 0 radical (unpaired) electrons. The summed E-state index contributed by atoms with van der Waals surface area (Å²) in [6, 6.07) is 40.5. The fourth-order valence-corrected chi connectivity index (χ4v) is 6.29. The van der Waals surface area contributed by atoms with E-state index in [9.17, 15) is 10.2 Å². The zero-order chi connectivity index (χ0) is 28.5. The molecule has 5 aromatic rings. The highest BCUT2D eigenvalue weighted by molar-refractivity contribution is 6.35. The average Bonchev–Trinajstić information content (AvgIpc) is 3.00. The first kappa shape index (κ1) is 26.7. The smallest absolute Gasteiger partial charge is 0.139 e. The van der Waals surface area contributed by atoms with Crippen LogP contribution in [-0.4, -0.2) is 10.2 Å². The Kier molecular flexibility index (Phi) is 7.28. The molecule has 6 rings (SSSR count). The molecule has 41 heavy (non-hydrogen) atoms. The lowest BCUT2D eigenvalue weighted by Gasteiger charge is -2.32. The van der Waals surface area contributed by atoms with Crippen molar-refractivity contribution in [3.63, 3.8) is 0 Å². The number of allylic oxidation sites excluding steroid dienone is 4. The van der Waals surface area contributed by atoms with Crippen molar-refractivity contribution in [3.05, 3.63) is 172 Å². The van der Waals surface area contributed by atoms with Gasteiger partial charge in [0.2, 0.25) is 0 Å². The summed E-state index contributed by atoms with van der Waals surface area (Å²) in [7, 11) is 0. The van der Waals surface area contributed by atoms with Crippen molar-refractivity contribution < 1.29 is 10.2 Å². The predicted octanol–water partition coefficient (Wildman–Crippen LogP) is 10.7. The van der Waals surface area contributed by atoms with Crippen LogP contribution in [-0.2, 0) is 0 Å². The fraction of sp³-hybridized carbons (Fsp3) is 0.0270. The Morgan fingerprint density at radius 1 is 0.561 bits per heavy atom. The lowest BCUT2D eigenvalue weighted by molar-refractivity contribution is 0.430. The summed E-state index contributed by atoms with van der Waals surface area (Å²) in [6.07, 6.45) is 0. The van der Waals surface area contributed by atoms with E-state index in [1.165, 1.54) is 0 Å². The van der Waals surface area contributed by atoms with E-state index >= 15 is 0 Å². The first-order valence-electron chi connectivity index (χ1n) is 13.3. The van der Waals surface area contributed by atoms with Crippen LogP contribution in [0.1, 0.15) is 22.6 Å². The van der Waals surface area contributed by atoms with E-state index in [0.717, 1.165) is 33.4 Å². The van der Waals surface area contributed by atoms with Crippen LogP contribution in [0, 0.1) is 0 Å². The minimum atomic E-state index is -0.440. The maximum absolute atomic E-state index is 11.9. The van der Waals surface area contributed by atoms with Gasteiger partial charge in [0.1, 0.15) is 11.5 Å². The highest BCUT2D eigenvalue weighted by Gasteiger charge is 2.36. The number of aromatic hydroxyl groups is 1. The average molecular weight is 574 g/mol. The number of aliphatic hydroxyl groups excluding tert-OH is 1. The van der Waals surface area contributed by atoms with Gasteiger partial charge in [0.25, 0.3) is 0 Å². The minimum Gasteiger partial charge on any atom is -0.507 e. The van der Waals surface area contributed by atoms with Crippen LogP contribution < -0.4 is 0 Å². The molecule has 0 saturated carbocycles. The minimum absolute atomic E-state index is 0.0181. The third-order valence-corrected chi connectivity index (χ3v) is 8.17. The van der Waals surface area contributed by atoms with E-state index in [-0.39, 0.29) is 16.5 Å². The molecule has 1 aliphatic rings. The largest absolute Gasteiger partial charge is 0.507 e. The Balaban J connectivity index is 1.71. The van der Waals surface area contributed by atoms with E-state index in [1.807, 2.05) is 121 Å². The number of benzene rings is 5. The normalized spacial score (nSPS) is 15.4. The quantitative estimate of drug-likeness (QED) is 0.220. The van der Waals surface area contributed by atoms with Crippen molar-refractivity contribution in [1.82, 2.24) is 0 Å². The Bertz CT molecular complexity index is 1810. The molecule has 2 N–H and O–H groups in total. The highest BCUT2D eigenvalue weighted by atomic mass is 35.5. The monoisotopic (exact) mass is 572 g/mol. The van der Waals surface area contributed by atoms with Crippen LogP contribution >= 0.6 is 23.2 Å². The second-order valence-corrected chi connectivity index (χ2v) is 10.7. The summed E-state index contributed by atoms with van der Waals surface area (Å²) in [6.45, 7) is 4.52. The Morgan fingerprint density at radius 2 is 1.02 bits per heavy atom. The molecule has 0 spiro atoms. The number of phenolic OH excluding ortho intramolecular Hbond substituents is 1. The maximum atomic E-state index is 11.9. The zero-order valence-corrected chi connectivity index (χ0v) is 23.6. The lowest BCUT2D eigenvalue weighted by atomic mass is 9.75. The molecule has 5 aromatic carbocycles. The molecule has 200 valence electrons. The van der Waals surface area contributed by atoms with Crippen molar-refractivity contribution in [2.24, 2.45) is 0 Å². The molecule has 1 aliphatic carbocycles. The number of aliphatic hydroxyl groups is 1. The van der Waals surface area contributed by atoms with Crippen LogP contribution in [0.4, 0.5) is 0 Å². The van der Waals surface area contributed by atoms with Gasteiger partial charge in [0.15, 0.2) is 0 Å². The standard InChI is InChI=1S/C37H26Cl2O2/c1-23-30(24-14-6-2-7-15-24)34(37(41)35(39)31(23)25-16-8-3-9-17-25)28-22-29(38)33(27-20-12-5-13-21-27)36(40)32(28)26-18-10-4-11-19-26/h2-22,31,40-41H,1H2. The predicted molar refractivity (Wildman–Crippen MR) is 171 cm³/mol. The number of halogens is 2. The van der Waals surface area contributed by atoms with Gasteiger partial charge < -0.3 is 10.2 Å². The third kappa shape index (κ3) is 4.76. The number of phenols is 1. The van der Waals surface area contributed by atoms with Crippen molar-refractivity contribution in [1.29, 1.82) is 0 Å². The van der Waals surface area contributed by atoms with Crippen molar-refractivity contribution in [2.45, 2.75) is 5.92 Å². The van der Waals surface area contributed by atoms with Gasteiger partial charge >= 0.3 is 0 Å². The van der Waals surface area contributed by atoms with Crippen molar-refractivity contribution >= 4 is 34.3 Å². The second kappa shape index (κ2) is 11.2. The zero-order valence-electron chi connectivity index (χ0n) is 22.1. The Morgan fingerprint density at radius 3 is 1.56 bits per heavy atom. The molecule has 1 atom stereocenters. The molecular weight excluding hydrogens is 547 g/mol. The second-order valence-electron chi connectivity index (χ2n) is 9.92. The maximum Gasteiger partial charge on any atom is 0.139 e. The van der Waals surface area contributed by atoms with E-state index in [1.54, 1.807) is 6.07 Å². The Hall–Kier alpha value is -4.50. The number of rotatable bonds is 5. The summed E-state index contributed by atoms with van der Waals surface area (Å²) >= 11 is 14.0. The molecule has 0 heterocycles. The molecular formula is C37H26Cl2O2. The van der Waals surface area contributed by atoms with Gasteiger partial charge in [-0.3, -0.25) is 0 Å². The summed E-state index contributed by atoms with van der Waals surface area (Å²) in [4.78, 5) is 0. The molecule has 0 saturated heterocycles. The molecule has 1 unspecified atom stereocenters. The van der Waals surface area contributed by atoms with Crippen LogP contribution in [0.5, 0.6) is 5.75 Å². The van der Waals surface area contributed by atoms with E-state index < -0.39 is 5.92 Å². The number of hydrogen-bond donors (Lipinski definition) is 2. The molecule has 0 aromatic heterocycles. The summed E-state index contributed by atoms with van der Waals surface area (Å²) in [5.41, 5.74) is 6.90. The van der Waals surface area contributed by atoms with Gasteiger partial charge in [-0.1, -0.05) is 151 Å². The van der Waals surface area contributed by atoms with Crippen LogP contribution in [0.15, 0.2) is 150 Å². The van der Waals surface area contributed by atoms with Gasteiger partial charge in [-0.05, 0) is 45.0 Å². The summed E-state index contributed by atoms with van der Waals surface area (Å²) in [5.74, 6) is -0.499. The first-order chi connectivity index (χ1) is 20.0. The van der Waals surface area contributed by atoms with E-state index in [0.29, 0.717) is 27.3 Å². The molecule has 0 amide bonds. The van der Waals surface area contributed by atoms with Crippen LogP contribution in [0.2, 0.25) is 5.02 Å². The molecule has 0 bridgehead atoms. The van der Waals surface area contributed by atoms with Crippen LogP contribution in [0.3, 0.4) is 0 Å². The highest BCUT2D eigenvalue weighted by Crippen LogP contribution is 2.55. The summed E-state index contributed by atoms with van der Waals surface area (Å²) in [5, 5.41) is 24.5. The first-order valence-corrected chi connectivity index (χ1v) is 14.0. The Labute approximate surface area is 249 Å². The van der Waals surface area contributed by atoms with Gasteiger partial charge in [0.05, 0.1) is 10.1 Å². The van der Waals surface area contributed by atoms with Gasteiger partial charge in [0, 0.05) is 22.6 Å². The lowest BCUT2D eigenvalue weighted by Crippen LogP contribution is -2.15. The molecule has 4 heteroatoms. The topological polar surface area (TPSA) is 40.5 Å².